The SMILES string of the molecule is CCCCCCCCNC(=O)c1cc(-c2ccc(Cl)cc2Cl)nc2ccccc12. The van der Waals surface area contributed by atoms with Gasteiger partial charge in [0.05, 0.1) is 21.8 Å². The number of nitrogens with one attached hydrogen (secondary N) is 1. The molecule has 0 atom stereocenters. The average Bonchev–Trinajstić information content (AvgIpc) is 2.72. The summed E-state index contributed by atoms with van der Waals surface area (Å²) in [7, 11) is 0. The van der Waals surface area contributed by atoms with Crippen LogP contribution in [-0.2, 0) is 0 Å². The van der Waals surface area contributed by atoms with E-state index in [-0.39, 0.29) is 5.91 Å². The van der Waals surface area contributed by atoms with Gasteiger partial charge in [-0.25, -0.2) is 4.98 Å². The Morgan fingerprint density at radius 1 is 0.966 bits per heavy atom. The van der Waals surface area contributed by atoms with Crippen LogP contribution in [0.2, 0.25) is 10.0 Å². The Balaban J connectivity index is 1.80. The van der Waals surface area contributed by atoms with E-state index in [9.17, 15) is 4.79 Å². The largest absolute Gasteiger partial charge is 0.352 e. The van der Waals surface area contributed by atoms with Crippen molar-refractivity contribution in [1.82, 2.24) is 10.3 Å². The monoisotopic (exact) mass is 428 g/mol. The van der Waals surface area contributed by atoms with Gasteiger partial charge in [0.2, 0.25) is 0 Å². The van der Waals surface area contributed by atoms with Crippen LogP contribution in [0.5, 0.6) is 0 Å². The smallest absolute Gasteiger partial charge is 0.252 e. The fraction of sp³-hybridized carbons (Fsp3) is 0.333. The summed E-state index contributed by atoms with van der Waals surface area (Å²) in [5, 5.41) is 4.98. The van der Waals surface area contributed by atoms with Gasteiger partial charge < -0.3 is 5.32 Å². The number of nitrogens with zero attached hydrogens (tertiary/aromatic N) is 1. The molecular weight excluding hydrogens is 403 g/mol. The van der Waals surface area contributed by atoms with Crippen molar-refractivity contribution in [3.8, 4) is 11.3 Å². The third-order valence-corrected chi connectivity index (χ3v) is 5.53. The van der Waals surface area contributed by atoms with E-state index in [1.807, 2.05) is 36.4 Å². The van der Waals surface area contributed by atoms with E-state index in [4.69, 9.17) is 28.2 Å². The van der Waals surface area contributed by atoms with E-state index in [0.717, 1.165) is 29.3 Å². The Kier molecular flexibility index (Phi) is 7.91. The van der Waals surface area contributed by atoms with Crippen LogP contribution < -0.4 is 5.32 Å². The molecule has 0 aliphatic heterocycles. The number of carbonyl (C=O) groups excluding carboxylic acids is 1. The second-order valence-electron chi connectivity index (χ2n) is 7.22. The maximum absolute atomic E-state index is 12.9. The zero-order chi connectivity index (χ0) is 20.6. The Morgan fingerprint density at radius 3 is 2.52 bits per heavy atom. The van der Waals surface area contributed by atoms with Crippen LogP contribution in [0.3, 0.4) is 0 Å². The molecule has 1 heterocycles. The number of hydrogen-bond donors (Lipinski definition) is 1. The molecule has 3 rings (SSSR count). The third-order valence-electron chi connectivity index (χ3n) is 4.98. The van der Waals surface area contributed by atoms with Crippen molar-refractivity contribution >= 4 is 40.0 Å². The number of fused-ring (bicyclic) bond motifs is 1. The first kappa shape index (κ1) is 21.6. The van der Waals surface area contributed by atoms with Crippen molar-refractivity contribution in [3.63, 3.8) is 0 Å². The maximum atomic E-state index is 12.9. The van der Waals surface area contributed by atoms with E-state index >= 15 is 0 Å². The lowest BCUT2D eigenvalue weighted by molar-refractivity contribution is 0.0954. The number of benzene rings is 2. The Bertz CT molecular complexity index is 988. The lowest BCUT2D eigenvalue weighted by Gasteiger charge is -2.11. The molecule has 29 heavy (non-hydrogen) atoms. The average molecular weight is 429 g/mol. The van der Waals surface area contributed by atoms with Gasteiger partial charge in [-0.05, 0) is 36.8 Å². The van der Waals surface area contributed by atoms with Crippen LogP contribution in [0.15, 0.2) is 48.5 Å². The van der Waals surface area contributed by atoms with Crippen molar-refractivity contribution in [2.45, 2.75) is 45.4 Å². The van der Waals surface area contributed by atoms with Crippen molar-refractivity contribution in [1.29, 1.82) is 0 Å². The zero-order valence-electron chi connectivity index (χ0n) is 16.7. The van der Waals surface area contributed by atoms with Gasteiger partial charge in [-0.15, -0.1) is 0 Å². The molecule has 2 aromatic carbocycles. The van der Waals surface area contributed by atoms with E-state index in [1.54, 1.807) is 12.1 Å². The summed E-state index contributed by atoms with van der Waals surface area (Å²) in [5.74, 6) is -0.0801. The number of halogens is 2. The topological polar surface area (TPSA) is 42.0 Å². The standard InChI is InChI=1S/C24H26Cl2N2O/c1-2-3-4-5-6-9-14-27-24(29)20-16-23(19-13-12-17(25)15-21(19)26)28-22-11-8-7-10-18(20)22/h7-8,10-13,15-16H,2-6,9,14H2,1H3,(H,27,29). The van der Waals surface area contributed by atoms with Gasteiger partial charge in [-0.1, -0.05) is 80.4 Å². The minimum absolute atomic E-state index is 0.0801. The molecule has 0 spiro atoms. The molecule has 3 nitrogen and oxygen atoms in total. The minimum atomic E-state index is -0.0801. The Hall–Kier alpha value is -2.10. The van der Waals surface area contributed by atoms with Gasteiger partial charge in [0.15, 0.2) is 0 Å². The van der Waals surface area contributed by atoms with Gasteiger partial charge in [0.25, 0.3) is 5.91 Å². The summed E-state index contributed by atoms with van der Waals surface area (Å²) < 4.78 is 0. The lowest BCUT2D eigenvalue weighted by atomic mass is 10.0. The van der Waals surface area contributed by atoms with Gasteiger partial charge in [-0.3, -0.25) is 4.79 Å². The molecule has 0 radical (unpaired) electrons. The fourth-order valence-corrected chi connectivity index (χ4v) is 3.91. The van der Waals surface area contributed by atoms with Crippen molar-refractivity contribution in [2.75, 3.05) is 6.54 Å². The highest BCUT2D eigenvalue weighted by Gasteiger charge is 2.15. The first-order valence-electron chi connectivity index (χ1n) is 10.2. The molecule has 1 N–H and O–H groups in total. The number of carbonyl (C=O) groups is 1. The lowest BCUT2D eigenvalue weighted by Crippen LogP contribution is -2.24. The summed E-state index contributed by atoms with van der Waals surface area (Å²) in [6.07, 6.45) is 7.15. The number of aromatic nitrogens is 1. The molecule has 0 aliphatic rings. The number of amides is 1. The van der Waals surface area contributed by atoms with Gasteiger partial charge in [0.1, 0.15) is 0 Å². The molecule has 0 unspecified atom stereocenters. The number of para-hydroxylation sites is 1. The maximum Gasteiger partial charge on any atom is 0.252 e. The molecule has 3 aromatic rings. The van der Waals surface area contributed by atoms with E-state index < -0.39 is 0 Å². The second kappa shape index (κ2) is 10.6. The van der Waals surface area contributed by atoms with Gasteiger partial charge in [0, 0.05) is 22.5 Å². The second-order valence-corrected chi connectivity index (χ2v) is 8.06. The molecule has 0 saturated carbocycles. The van der Waals surface area contributed by atoms with E-state index in [1.165, 1.54) is 25.7 Å². The summed E-state index contributed by atoms with van der Waals surface area (Å²) in [6, 6.07) is 14.8. The zero-order valence-corrected chi connectivity index (χ0v) is 18.2. The first-order chi connectivity index (χ1) is 14.1. The fourth-order valence-electron chi connectivity index (χ4n) is 3.40. The van der Waals surface area contributed by atoms with Gasteiger partial charge >= 0.3 is 0 Å². The summed E-state index contributed by atoms with van der Waals surface area (Å²) >= 11 is 12.4. The van der Waals surface area contributed by atoms with Gasteiger partial charge in [-0.2, -0.15) is 0 Å². The Morgan fingerprint density at radius 2 is 1.72 bits per heavy atom. The highest BCUT2D eigenvalue weighted by molar-refractivity contribution is 6.36. The first-order valence-corrected chi connectivity index (χ1v) is 11.0. The summed E-state index contributed by atoms with van der Waals surface area (Å²) in [5.41, 5.74) is 2.80. The minimum Gasteiger partial charge on any atom is -0.352 e. The van der Waals surface area contributed by atoms with E-state index in [2.05, 4.69) is 12.2 Å². The van der Waals surface area contributed by atoms with Crippen LogP contribution in [0, 0.1) is 0 Å². The quantitative estimate of drug-likeness (QED) is 0.363. The summed E-state index contributed by atoms with van der Waals surface area (Å²) in [6.45, 7) is 2.89. The highest BCUT2D eigenvalue weighted by Crippen LogP contribution is 2.31. The highest BCUT2D eigenvalue weighted by atomic mass is 35.5. The van der Waals surface area contributed by atoms with Crippen LogP contribution >= 0.6 is 23.2 Å². The van der Waals surface area contributed by atoms with Crippen molar-refractivity contribution in [3.05, 3.63) is 64.1 Å². The molecule has 0 fully saturated rings. The molecule has 5 heteroatoms. The molecular formula is C24H26Cl2N2O. The normalized spacial score (nSPS) is 11.0. The predicted molar refractivity (Wildman–Crippen MR) is 123 cm³/mol. The number of hydrogen-bond acceptors (Lipinski definition) is 2. The van der Waals surface area contributed by atoms with Crippen LogP contribution in [0.25, 0.3) is 22.2 Å². The molecule has 0 aliphatic carbocycles. The molecule has 1 amide bonds. The molecule has 0 saturated heterocycles. The predicted octanol–water partition coefficient (Wildman–Crippen LogP) is 7.30. The van der Waals surface area contributed by atoms with Crippen LogP contribution in [-0.4, -0.2) is 17.4 Å². The molecule has 1 aromatic heterocycles. The number of unbranched alkanes of at least 4 members (excludes halogenated alkanes) is 5. The number of pyridine rings is 1. The van der Waals surface area contributed by atoms with Crippen LogP contribution in [0.1, 0.15) is 55.8 Å². The Labute approximate surface area is 182 Å². The van der Waals surface area contributed by atoms with Crippen LogP contribution in [0.4, 0.5) is 0 Å². The van der Waals surface area contributed by atoms with Crippen molar-refractivity contribution < 1.29 is 4.79 Å². The third kappa shape index (κ3) is 5.71. The molecule has 152 valence electrons. The summed E-state index contributed by atoms with van der Waals surface area (Å²) in [4.78, 5) is 17.6. The molecule has 0 bridgehead atoms. The van der Waals surface area contributed by atoms with Crippen molar-refractivity contribution in [2.24, 2.45) is 0 Å². The van der Waals surface area contributed by atoms with E-state index in [0.29, 0.717) is 27.8 Å². The number of rotatable bonds is 9.